The molecule has 2 aliphatic rings. The van der Waals surface area contributed by atoms with E-state index in [-0.39, 0.29) is 30.2 Å². The minimum atomic E-state index is -0.507. The molecule has 3 amide bonds. The van der Waals surface area contributed by atoms with Crippen LogP contribution in [0.1, 0.15) is 18.4 Å². The highest BCUT2D eigenvalue weighted by molar-refractivity contribution is 6.08. The van der Waals surface area contributed by atoms with Crippen molar-refractivity contribution in [1.29, 1.82) is 0 Å². The standard InChI is InChI=1S/C17H17FN2O3/c1-10-6-7-11(18)8-14(10)19-15(21)9-20-16(22)12-4-2-3-5-13(12)17(20)23/h2-3,6-8,12-13H,4-5,9H2,1H3,(H,19,21)/t12-,13+. The molecule has 0 bridgehead atoms. The number of imide groups is 1. The minimum absolute atomic E-state index is 0.296. The summed E-state index contributed by atoms with van der Waals surface area (Å²) in [5.41, 5.74) is 1.05. The Kier molecular flexibility index (Phi) is 3.98. The molecule has 2 atom stereocenters. The number of amides is 3. The van der Waals surface area contributed by atoms with Crippen molar-refractivity contribution < 1.29 is 18.8 Å². The highest BCUT2D eigenvalue weighted by Crippen LogP contribution is 2.34. The first kappa shape index (κ1) is 15.4. The summed E-state index contributed by atoms with van der Waals surface area (Å²) in [6.07, 6.45) is 4.87. The molecule has 120 valence electrons. The van der Waals surface area contributed by atoms with Gasteiger partial charge in [0.15, 0.2) is 0 Å². The maximum Gasteiger partial charge on any atom is 0.244 e. The molecule has 1 N–H and O–H groups in total. The van der Waals surface area contributed by atoms with Crippen LogP contribution >= 0.6 is 0 Å². The van der Waals surface area contributed by atoms with Crippen LogP contribution in [0.3, 0.4) is 0 Å². The predicted molar refractivity (Wildman–Crippen MR) is 81.8 cm³/mol. The summed E-state index contributed by atoms with van der Waals surface area (Å²) in [6, 6.07) is 4.07. The Labute approximate surface area is 133 Å². The average molecular weight is 316 g/mol. The Morgan fingerprint density at radius 2 is 1.83 bits per heavy atom. The first-order valence-corrected chi connectivity index (χ1v) is 7.53. The van der Waals surface area contributed by atoms with E-state index in [2.05, 4.69) is 5.32 Å². The summed E-state index contributed by atoms with van der Waals surface area (Å²) in [5.74, 6) is -2.26. The number of nitrogens with zero attached hydrogens (tertiary/aromatic N) is 1. The molecule has 0 saturated carbocycles. The normalized spacial score (nSPS) is 23.1. The number of fused-ring (bicyclic) bond motifs is 1. The number of halogens is 1. The Balaban J connectivity index is 1.70. The van der Waals surface area contributed by atoms with Crippen LogP contribution in [0.15, 0.2) is 30.4 Å². The number of rotatable bonds is 3. The largest absolute Gasteiger partial charge is 0.324 e. The number of likely N-dealkylation sites (tertiary alicyclic amines) is 1. The second-order valence-corrected chi connectivity index (χ2v) is 5.93. The van der Waals surface area contributed by atoms with E-state index in [1.807, 2.05) is 12.2 Å². The molecule has 0 unspecified atom stereocenters. The highest BCUT2D eigenvalue weighted by atomic mass is 19.1. The number of nitrogens with one attached hydrogen (secondary N) is 1. The van der Waals surface area contributed by atoms with Gasteiger partial charge in [-0.25, -0.2) is 4.39 Å². The minimum Gasteiger partial charge on any atom is -0.324 e. The Morgan fingerprint density at radius 1 is 1.22 bits per heavy atom. The van der Waals surface area contributed by atoms with Gasteiger partial charge >= 0.3 is 0 Å². The van der Waals surface area contributed by atoms with Gasteiger partial charge in [0.1, 0.15) is 12.4 Å². The van der Waals surface area contributed by atoms with Gasteiger partial charge in [-0.15, -0.1) is 0 Å². The smallest absolute Gasteiger partial charge is 0.244 e. The van der Waals surface area contributed by atoms with E-state index in [0.717, 1.165) is 4.90 Å². The third-order valence-electron chi connectivity index (χ3n) is 4.37. The Morgan fingerprint density at radius 3 is 2.43 bits per heavy atom. The number of anilines is 1. The summed E-state index contributed by atoms with van der Waals surface area (Å²) >= 11 is 0. The van der Waals surface area contributed by atoms with Crippen LogP contribution in [0, 0.1) is 24.6 Å². The van der Waals surface area contributed by atoms with Crippen molar-refractivity contribution in [3.8, 4) is 0 Å². The van der Waals surface area contributed by atoms with Crippen molar-refractivity contribution in [3.05, 3.63) is 41.7 Å². The van der Waals surface area contributed by atoms with Crippen molar-refractivity contribution in [1.82, 2.24) is 4.90 Å². The van der Waals surface area contributed by atoms with Crippen LogP contribution in [-0.4, -0.2) is 29.2 Å². The van der Waals surface area contributed by atoms with Crippen molar-refractivity contribution >= 4 is 23.4 Å². The molecule has 1 aromatic rings. The van der Waals surface area contributed by atoms with Gasteiger partial charge in [0.2, 0.25) is 17.7 Å². The van der Waals surface area contributed by atoms with Gasteiger partial charge < -0.3 is 5.32 Å². The third kappa shape index (κ3) is 2.88. The summed E-state index contributed by atoms with van der Waals surface area (Å²) in [5, 5.41) is 2.56. The summed E-state index contributed by atoms with van der Waals surface area (Å²) < 4.78 is 13.3. The molecule has 0 radical (unpaired) electrons. The lowest BCUT2D eigenvalue weighted by Gasteiger charge is -2.15. The Hall–Kier alpha value is -2.50. The van der Waals surface area contributed by atoms with E-state index in [1.165, 1.54) is 12.1 Å². The van der Waals surface area contributed by atoms with Gasteiger partial charge in [0.05, 0.1) is 11.8 Å². The molecular weight excluding hydrogens is 299 g/mol. The predicted octanol–water partition coefficient (Wildman–Crippen LogP) is 2.02. The third-order valence-corrected chi connectivity index (χ3v) is 4.37. The van der Waals surface area contributed by atoms with E-state index < -0.39 is 11.7 Å². The Bertz CT molecular complexity index is 688. The maximum absolute atomic E-state index is 13.3. The van der Waals surface area contributed by atoms with Gasteiger partial charge in [-0.05, 0) is 37.5 Å². The van der Waals surface area contributed by atoms with E-state index in [1.54, 1.807) is 13.0 Å². The lowest BCUT2D eigenvalue weighted by atomic mass is 9.85. The van der Waals surface area contributed by atoms with Crippen LogP contribution in [0.2, 0.25) is 0 Å². The second-order valence-electron chi connectivity index (χ2n) is 5.93. The summed E-state index contributed by atoms with van der Waals surface area (Å²) in [4.78, 5) is 37.7. The van der Waals surface area contributed by atoms with Crippen LogP contribution in [0.25, 0.3) is 0 Å². The number of aryl methyl sites for hydroxylation is 1. The number of benzene rings is 1. The molecule has 0 spiro atoms. The van der Waals surface area contributed by atoms with Crippen LogP contribution < -0.4 is 5.32 Å². The lowest BCUT2D eigenvalue weighted by Crippen LogP contribution is -2.38. The number of allylic oxidation sites excluding steroid dienone is 2. The van der Waals surface area contributed by atoms with Gasteiger partial charge in [-0.1, -0.05) is 18.2 Å². The van der Waals surface area contributed by atoms with Gasteiger partial charge in [-0.2, -0.15) is 0 Å². The maximum atomic E-state index is 13.3. The van der Waals surface area contributed by atoms with Crippen molar-refractivity contribution in [3.63, 3.8) is 0 Å². The zero-order chi connectivity index (χ0) is 16.6. The molecule has 0 aromatic heterocycles. The summed E-state index contributed by atoms with van der Waals surface area (Å²) in [6.45, 7) is 1.40. The molecule has 1 heterocycles. The van der Waals surface area contributed by atoms with Crippen molar-refractivity contribution in [2.24, 2.45) is 11.8 Å². The van der Waals surface area contributed by atoms with E-state index in [9.17, 15) is 18.8 Å². The molecule has 6 heteroatoms. The van der Waals surface area contributed by atoms with Gasteiger partial charge in [0.25, 0.3) is 0 Å². The van der Waals surface area contributed by atoms with Crippen LogP contribution in [0.5, 0.6) is 0 Å². The number of carbonyl (C=O) groups is 3. The molecule has 23 heavy (non-hydrogen) atoms. The quantitative estimate of drug-likeness (QED) is 0.685. The number of hydrogen-bond donors (Lipinski definition) is 1. The topological polar surface area (TPSA) is 66.5 Å². The molecular formula is C17H17FN2O3. The number of carbonyl (C=O) groups excluding carboxylic acids is 3. The highest BCUT2D eigenvalue weighted by Gasteiger charge is 2.47. The SMILES string of the molecule is Cc1ccc(F)cc1NC(=O)CN1C(=O)[C@H]2CC=CC[C@H]2C1=O. The number of hydrogen-bond acceptors (Lipinski definition) is 3. The molecule has 1 saturated heterocycles. The van der Waals surface area contributed by atoms with Crippen LogP contribution in [-0.2, 0) is 14.4 Å². The fourth-order valence-electron chi connectivity index (χ4n) is 3.09. The summed E-state index contributed by atoms with van der Waals surface area (Å²) in [7, 11) is 0. The molecule has 1 aromatic carbocycles. The average Bonchev–Trinajstić information content (AvgIpc) is 2.76. The van der Waals surface area contributed by atoms with Crippen molar-refractivity contribution in [2.45, 2.75) is 19.8 Å². The molecule has 5 nitrogen and oxygen atoms in total. The van der Waals surface area contributed by atoms with Gasteiger partial charge in [0, 0.05) is 5.69 Å². The first-order valence-electron chi connectivity index (χ1n) is 7.53. The zero-order valence-corrected chi connectivity index (χ0v) is 12.7. The monoisotopic (exact) mass is 316 g/mol. The fourth-order valence-corrected chi connectivity index (χ4v) is 3.09. The van der Waals surface area contributed by atoms with E-state index in [4.69, 9.17) is 0 Å². The fraction of sp³-hybridized carbons (Fsp3) is 0.353. The first-order chi connectivity index (χ1) is 11.0. The molecule has 1 aliphatic heterocycles. The second kappa shape index (κ2) is 5.95. The molecule has 1 aliphatic carbocycles. The molecule has 3 rings (SSSR count). The lowest BCUT2D eigenvalue weighted by molar-refractivity contribution is -0.142. The molecule has 1 fully saturated rings. The van der Waals surface area contributed by atoms with Crippen LogP contribution in [0.4, 0.5) is 10.1 Å². The van der Waals surface area contributed by atoms with E-state index >= 15 is 0 Å². The van der Waals surface area contributed by atoms with Gasteiger partial charge in [-0.3, -0.25) is 19.3 Å². The zero-order valence-electron chi connectivity index (χ0n) is 12.7. The van der Waals surface area contributed by atoms with Crippen molar-refractivity contribution in [2.75, 3.05) is 11.9 Å². The van der Waals surface area contributed by atoms with E-state index in [0.29, 0.717) is 24.1 Å².